The molecule has 0 spiro atoms. The predicted octanol–water partition coefficient (Wildman–Crippen LogP) is 3.90. The van der Waals surface area contributed by atoms with Crippen LogP contribution in [0.4, 0.5) is 10.5 Å². The lowest BCUT2D eigenvalue weighted by molar-refractivity contribution is 0.182. The van der Waals surface area contributed by atoms with E-state index >= 15 is 0 Å². The van der Waals surface area contributed by atoms with E-state index in [9.17, 15) is 4.79 Å². The maximum atomic E-state index is 12.9. The van der Waals surface area contributed by atoms with Gasteiger partial charge in [-0.05, 0) is 66.3 Å². The number of carbonyl (C=O) groups is 1. The molecule has 8 nitrogen and oxygen atoms in total. The van der Waals surface area contributed by atoms with Gasteiger partial charge in [0.2, 0.25) is 0 Å². The van der Waals surface area contributed by atoms with Crippen LogP contribution in [0.3, 0.4) is 0 Å². The molecule has 4 rings (SSSR count). The van der Waals surface area contributed by atoms with Crippen LogP contribution in [0.5, 0.6) is 5.75 Å². The molecule has 1 aliphatic rings. The molecule has 1 fully saturated rings. The third kappa shape index (κ3) is 3.98. The number of para-hydroxylation sites is 3. The first-order valence-electron chi connectivity index (χ1n) is 10.2. The Hall–Kier alpha value is -3.42. The maximum Gasteiger partial charge on any atom is 0.320 e. The Kier molecular flexibility index (Phi) is 5.65. The Morgan fingerprint density at radius 1 is 1.10 bits per heavy atom. The van der Waals surface area contributed by atoms with Crippen molar-refractivity contribution >= 4 is 11.7 Å². The van der Waals surface area contributed by atoms with Crippen molar-refractivity contribution in [3.63, 3.8) is 0 Å². The summed E-state index contributed by atoms with van der Waals surface area (Å²) in [5, 5.41) is 18.6. The molecule has 2 N–H and O–H groups in total. The van der Waals surface area contributed by atoms with Crippen molar-refractivity contribution in [2.45, 2.75) is 38.1 Å². The topological polar surface area (TPSA) is 94.0 Å². The van der Waals surface area contributed by atoms with Gasteiger partial charge in [0.15, 0.2) is 5.82 Å². The summed E-state index contributed by atoms with van der Waals surface area (Å²) < 4.78 is 7.18. The summed E-state index contributed by atoms with van der Waals surface area (Å²) in [7, 11) is 1.62. The number of amides is 2. The number of urea groups is 1. The van der Waals surface area contributed by atoms with Crippen molar-refractivity contribution in [1.29, 1.82) is 0 Å². The fraction of sp³-hybridized carbons (Fsp3) is 0.364. The first-order chi connectivity index (χ1) is 14.6. The minimum Gasteiger partial charge on any atom is -0.494 e. The quantitative estimate of drug-likeness (QED) is 0.670. The molecule has 2 aromatic carbocycles. The molecule has 0 bridgehead atoms. The maximum absolute atomic E-state index is 12.9. The van der Waals surface area contributed by atoms with Gasteiger partial charge < -0.3 is 15.4 Å². The highest BCUT2D eigenvalue weighted by Gasteiger charge is 2.42. The van der Waals surface area contributed by atoms with E-state index < -0.39 is 5.54 Å². The molecule has 1 aliphatic carbocycles. The van der Waals surface area contributed by atoms with E-state index in [4.69, 9.17) is 4.74 Å². The smallest absolute Gasteiger partial charge is 0.320 e. The van der Waals surface area contributed by atoms with Gasteiger partial charge in [-0.25, -0.2) is 4.79 Å². The number of tetrazole rings is 1. The summed E-state index contributed by atoms with van der Waals surface area (Å²) in [6, 6.07) is 16.7. The van der Waals surface area contributed by atoms with Crippen LogP contribution in [0, 0.1) is 5.92 Å². The number of carbonyl (C=O) groups excluding carboxylic acids is 1. The van der Waals surface area contributed by atoms with Gasteiger partial charge in [-0.1, -0.05) is 37.3 Å². The normalized spacial score (nSPS) is 21.1. The number of nitrogens with zero attached hydrogens (tertiary/aromatic N) is 4. The van der Waals surface area contributed by atoms with Crippen molar-refractivity contribution in [3.05, 3.63) is 60.4 Å². The van der Waals surface area contributed by atoms with Crippen LogP contribution in [0.25, 0.3) is 5.69 Å². The van der Waals surface area contributed by atoms with Crippen LogP contribution in [0.15, 0.2) is 54.6 Å². The monoisotopic (exact) mass is 406 g/mol. The summed E-state index contributed by atoms with van der Waals surface area (Å²) in [5.41, 5.74) is 0.803. The number of anilines is 1. The van der Waals surface area contributed by atoms with Crippen LogP contribution in [0.1, 0.15) is 38.4 Å². The zero-order valence-electron chi connectivity index (χ0n) is 17.2. The van der Waals surface area contributed by atoms with E-state index in [0.717, 1.165) is 37.1 Å². The van der Waals surface area contributed by atoms with Gasteiger partial charge in [-0.2, -0.15) is 4.68 Å². The minimum atomic E-state index is -0.671. The second kappa shape index (κ2) is 8.52. The van der Waals surface area contributed by atoms with Crippen LogP contribution in [-0.2, 0) is 5.54 Å². The van der Waals surface area contributed by atoms with Crippen LogP contribution >= 0.6 is 0 Å². The second-order valence-corrected chi connectivity index (χ2v) is 7.80. The molecular weight excluding hydrogens is 380 g/mol. The van der Waals surface area contributed by atoms with Crippen molar-refractivity contribution < 1.29 is 9.53 Å². The molecule has 1 aromatic heterocycles. The van der Waals surface area contributed by atoms with Crippen molar-refractivity contribution in [2.24, 2.45) is 5.92 Å². The molecule has 1 saturated carbocycles. The lowest BCUT2D eigenvalue weighted by Crippen LogP contribution is -2.51. The molecule has 0 atom stereocenters. The van der Waals surface area contributed by atoms with E-state index in [-0.39, 0.29) is 6.03 Å². The van der Waals surface area contributed by atoms with E-state index in [2.05, 4.69) is 33.1 Å². The first-order valence-corrected chi connectivity index (χ1v) is 10.2. The first kappa shape index (κ1) is 19.9. The molecule has 8 heteroatoms. The van der Waals surface area contributed by atoms with Crippen LogP contribution in [-0.4, -0.2) is 33.3 Å². The van der Waals surface area contributed by atoms with Crippen LogP contribution in [0.2, 0.25) is 0 Å². The van der Waals surface area contributed by atoms with Gasteiger partial charge in [0.25, 0.3) is 0 Å². The second-order valence-electron chi connectivity index (χ2n) is 7.80. The highest BCUT2D eigenvalue weighted by atomic mass is 16.5. The SMILES string of the molecule is COc1ccccc1-n1nnnc1C1(NC(=O)Nc2ccccc2)CCC(C)CC1. The van der Waals surface area contributed by atoms with Crippen LogP contribution < -0.4 is 15.4 Å². The molecular formula is C22H26N6O2. The molecule has 1 heterocycles. The van der Waals surface area contributed by atoms with Crippen molar-refractivity contribution in [3.8, 4) is 11.4 Å². The van der Waals surface area contributed by atoms with Crippen molar-refractivity contribution in [2.75, 3.05) is 12.4 Å². The van der Waals surface area contributed by atoms with Gasteiger partial charge in [0, 0.05) is 5.69 Å². The largest absolute Gasteiger partial charge is 0.494 e. The molecule has 0 aliphatic heterocycles. The Morgan fingerprint density at radius 2 is 1.80 bits per heavy atom. The summed E-state index contributed by atoms with van der Waals surface area (Å²) in [6.45, 7) is 2.23. The Labute approximate surface area is 175 Å². The zero-order valence-corrected chi connectivity index (χ0v) is 17.2. The Morgan fingerprint density at radius 3 is 2.53 bits per heavy atom. The lowest BCUT2D eigenvalue weighted by atomic mass is 9.76. The third-order valence-electron chi connectivity index (χ3n) is 5.72. The van der Waals surface area contributed by atoms with E-state index in [1.807, 2.05) is 54.6 Å². The number of aromatic nitrogens is 4. The highest BCUT2D eigenvalue weighted by molar-refractivity contribution is 5.89. The highest BCUT2D eigenvalue weighted by Crippen LogP contribution is 2.39. The van der Waals surface area contributed by atoms with Crippen molar-refractivity contribution in [1.82, 2.24) is 25.5 Å². The van der Waals surface area contributed by atoms with E-state index in [1.54, 1.807) is 11.8 Å². The molecule has 0 radical (unpaired) electrons. The number of rotatable bonds is 5. The zero-order chi connectivity index (χ0) is 21.0. The van der Waals surface area contributed by atoms with Gasteiger partial charge >= 0.3 is 6.03 Å². The summed E-state index contributed by atoms with van der Waals surface area (Å²) in [6.07, 6.45) is 3.46. The summed E-state index contributed by atoms with van der Waals surface area (Å²) in [5.74, 6) is 1.87. The molecule has 2 amide bonds. The fourth-order valence-corrected chi connectivity index (χ4v) is 4.01. The van der Waals surface area contributed by atoms with E-state index in [1.165, 1.54) is 0 Å². The predicted molar refractivity (Wildman–Crippen MR) is 114 cm³/mol. The molecule has 30 heavy (non-hydrogen) atoms. The standard InChI is InChI=1S/C22H26N6O2/c1-16-12-14-22(15-13-16,24-21(29)23-17-8-4-3-5-9-17)20-25-26-27-28(20)18-10-6-7-11-19(18)30-2/h3-11,16H,12-15H2,1-2H3,(H2,23,24,29). The average Bonchev–Trinajstić information content (AvgIpc) is 3.26. The molecule has 156 valence electrons. The Balaban J connectivity index is 1.68. The number of methoxy groups -OCH3 is 1. The minimum absolute atomic E-state index is 0.273. The number of hydrogen-bond donors (Lipinski definition) is 2. The number of nitrogens with one attached hydrogen (secondary N) is 2. The lowest BCUT2D eigenvalue weighted by Gasteiger charge is -2.38. The fourth-order valence-electron chi connectivity index (χ4n) is 4.01. The average molecular weight is 406 g/mol. The van der Waals surface area contributed by atoms with Gasteiger partial charge in [-0.3, -0.25) is 0 Å². The van der Waals surface area contributed by atoms with Gasteiger partial charge in [-0.15, -0.1) is 5.10 Å². The molecule has 0 saturated heterocycles. The number of hydrogen-bond acceptors (Lipinski definition) is 5. The van der Waals surface area contributed by atoms with E-state index in [0.29, 0.717) is 17.5 Å². The molecule has 0 unspecified atom stereocenters. The summed E-state index contributed by atoms with van der Waals surface area (Å²) in [4.78, 5) is 12.9. The number of ether oxygens (including phenoxy) is 1. The third-order valence-corrected chi connectivity index (χ3v) is 5.72. The van der Waals surface area contributed by atoms with Gasteiger partial charge in [0.05, 0.1) is 7.11 Å². The number of benzene rings is 2. The Bertz CT molecular complexity index is 996. The molecule has 3 aromatic rings. The summed E-state index contributed by atoms with van der Waals surface area (Å²) >= 11 is 0. The van der Waals surface area contributed by atoms with Gasteiger partial charge in [0.1, 0.15) is 17.0 Å².